The number of rotatable bonds is 3. The molecule has 0 spiro atoms. The van der Waals surface area contributed by atoms with Gasteiger partial charge < -0.3 is 0 Å². The van der Waals surface area contributed by atoms with Crippen molar-refractivity contribution in [2.75, 3.05) is 12.1 Å². The van der Waals surface area contributed by atoms with Crippen LogP contribution in [0.5, 0.6) is 0 Å². The smallest absolute Gasteiger partial charge is 0.0622 e. The minimum atomic E-state index is 1.11. The second-order valence-electron chi connectivity index (χ2n) is 3.51. The second kappa shape index (κ2) is 4.66. The Labute approximate surface area is 95.6 Å². The highest BCUT2D eigenvalue weighted by Gasteiger charge is 2.04. The second-order valence-corrected chi connectivity index (χ2v) is 3.51. The summed E-state index contributed by atoms with van der Waals surface area (Å²) in [5.41, 5.74) is 2.26. The van der Waals surface area contributed by atoms with Gasteiger partial charge in [-0.15, -0.1) is 0 Å². The molecule has 0 radical (unpaired) electrons. The molecule has 0 saturated heterocycles. The first-order valence-electron chi connectivity index (χ1n) is 5.27. The van der Waals surface area contributed by atoms with E-state index in [-0.39, 0.29) is 0 Å². The highest BCUT2D eigenvalue weighted by molar-refractivity contribution is 5.50. The van der Waals surface area contributed by atoms with Crippen LogP contribution in [0.2, 0.25) is 0 Å². The fourth-order valence-corrected chi connectivity index (χ4v) is 1.65. The van der Waals surface area contributed by atoms with Crippen molar-refractivity contribution in [2.24, 2.45) is 0 Å². The van der Waals surface area contributed by atoms with Gasteiger partial charge in [-0.05, 0) is 37.3 Å². The van der Waals surface area contributed by atoms with Gasteiger partial charge in [0.15, 0.2) is 0 Å². The summed E-state index contributed by atoms with van der Waals surface area (Å²) in [6.07, 6.45) is 9.75. The normalized spacial score (nSPS) is 10.9. The molecule has 0 saturated carbocycles. The first-order valence-corrected chi connectivity index (χ1v) is 5.27. The minimum Gasteiger partial charge on any atom is -0.284 e. The van der Waals surface area contributed by atoms with Crippen LogP contribution < -0.4 is 5.01 Å². The zero-order chi connectivity index (χ0) is 11.4. The van der Waals surface area contributed by atoms with E-state index in [2.05, 4.69) is 26.8 Å². The first kappa shape index (κ1) is 10.5. The van der Waals surface area contributed by atoms with Crippen LogP contribution in [0, 0.1) is 0 Å². The lowest BCUT2D eigenvalue weighted by Crippen LogP contribution is -2.24. The summed E-state index contributed by atoms with van der Waals surface area (Å²) in [5, 5.41) is 2.08. The SMILES string of the molecule is C/C=C\c1cccn1N(C)c1ccncc1. The molecule has 2 rings (SSSR count). The van der Waals surface area contributed by atoms with Crippen molar-refractivity contribution in [1.29, 1.82) is 0 Å². The molecule has 16 heavy (non-hydrogen) atoms. The molecule has 0 unspecified atom stereocenters. The number of aromatic nitrogens is 2. The Morgan fingerprint density at radius 2 is 2.00 bits per heavy atom. The van der Waals surface area contributed by atoms with Gasteiger partial charge >= 0.3 is 0 Å². The molecule has 0 aliphatic heterocycles. The van der Waals surface area contributed by atoms with Gasteiger partial charge in [0.05, 0.1) is 11.4 Å². The Hall–Kier alpha value is -2.03. The van der Waals surface area contributed by atoms with Crippen LogP contribution in [0.15, 0.2) is 48.9 Å². The van der Waals surface area contributed by atoms with Crippen LogP contribution in [0.4, 0.5) is 5.69 Å². The van der Waals surface area contributed by atoms with Gasteiger partial charge in [0.2, 0.25) is 0 Å². The average Bonchev–Trinajstić information content (AvgIpc) is 2.78. The molecule has 0 aliphatic rings. The highest BCUT2D eigenvalue weighted by atomic mass is 15.5. The third-order valence-electron chi connectivity index (χ3n) is 2.46. The van der Waals surface area contributed by atoms with Crippen LogP contribution in [0.25, 0.3) is 6.08 Å². The predicted molar refractivity (Wildman–Crippen MR) is 67.2 cm³/mol. The van der Waals surface area contributed by atoms with E-state index in [1.165, 1.54) is 0 Å². The molecule has 0 bridgehead atoms. The number of nitrogens with zero attached hydrogens (tertiary/aromatic N) is 3. The van der Waals surface area contributed by atoms with Crippen molar-refractivity contribution in [3.05, 3.63) is 54.6 Å². The molecule has 0 atom stereocenters. The number of hydrogen-bond acceptors (Lipinski definition) is 2. The van der Waals surface area contributed by atoms with Gasteiger partial charge in [-0.25, -0.2) is 0 Å². The lowest BCUT2D eigenvalue weighted by Gasteiger charge is -2.22. The summed E-state index contributed by atoms with van der Waals surface area (Å²) in [6.45, 7) is 2.02. The third-order valence-corrected chi connectivity index (χ3v) is 2.46. The van der Waals surface area contributed by atoms with Gasteiger partial charge in [-0.2, -0.15) is 0 Å². The summed E-state index contributed by atoms with van der Waals surface area (Å²) < 4.78 is 2.09. The van der Waals surface area contributed by atoms with Crippen LogP contribution in [-0.2, 0) is 0 Å². The molecule has 3 nitrogen and oxygen atoms in total. The minimum absolute atomic E-state index is 1.11. The van der Waals surface area contributed by atoms with E-state index in [1.807, 2.05) is 44.4 Å². The number of pyridine rings is 1. The van der Waals surface area contributed by atoms with Crippen LogP contribution in [-0.4, -0.2) is 16.7 Å². The Bertz CT molecular complexity index is 471. The summed E-state index contributed by atoms with van der Waals surface area (Å²) >= 11 is 0. The van der Waals surface area contributed by atoms with E-state index >= 15 is 0 Å². The van der Waals surface area contributed by atoms with Gasteiger partial charge in [-0.3, -0.25) is 14.7 Å². The van der Waals surface area contributed by atoms with Crippen molar-refractivity contribution in [1.82, 2.24) is 9.66 Å². The van der Waals surface area contributed by atoms with Crippen LogP contribution in [0.1, 0.15) is 12.6 Å². The van der Waals surface area contributed by atoms with E-state index in [0.717, 1.165) is 11.4 Å². The molecule has 0 amide bonds. The maximum atomic E-state index is 4.02. The van der Waals surface area contributed by atoms with Crippen molar-refractivity contribution in [3.63, 3.8) is 0 Å². The van der Waals surface area contributed by atoms with Crippen molar-refractivity contribution >= 4 is 11.8 Å². The maximum Gasteiger partial charge on any atom is 0.0622 e. The van der Waals surface area contributed by atoms with Crippen LogP contribution >= 0.6 is 0 Å². The summed E-state index contributed by atoms with van der Waals surface area (Å²) in [7, 11) is 2.03. The van der Waals surface area contributed by atoms with Gasteiger partial charge in [0, 0.05) is 25.6 Å². The molecule has 0 aliphatic carbocycles. The van der Waals surface area contributed by atoms with E-state index in [9.17, 15) is 0 Å². The molecule has 2 aromatic heterocycles. The maximum absolute atomic E-state index is 4.02. The number of allylic oxidation sites excluding steroid dienone is 1. The Balaban J connectivity index is 2.34. The van der Waals surface area contributed by atoms with Crippen LogP contribution in [0.3, 0.4) is 0 Å². The van der Waals surface area contributed by atoms with Crippen molar-refractivity contribution in [2.45, 2.75) is 6.92 Å². The standard InChI is InChI=1S/C13H15N3/c1-3-5-13-6-4-11-16(13)15(2)12-7-9-14-10-8-12/h3-11H,1-2H3/b5-3-. The third kappa shape index (κ3) is 1.98. The molecule has 0 N–H and O–H groups in total. The molecule has 2 heterocycles. The number of hydrogen-bond donors (Lipinski definition) is 0. The van der Waals surface area contributed by atoms with Crippen molar-refractivity contribution < 1.29 is 0 Å². The fraction of sp³-hybridized carbons (Fsp3) is 0.154. The zero-order valence-electron chi connectivity index (χ0n) is 9.54. The highest BCUT2D eigenvalue weighted by Crippen LogP contribution is 2.14. The average molecular weight is 213 g/mol. The molecule has 0 fully saturated rings. The fourth-order valence-electron chi connectivity index (χ4n) is 1.65. The largest absolute Gasteiger partial charge is 0.284 e. The Morgan fingerprint density at radius 1 is 1.25 bits per heavy atom. The summed E-state index contributed by atoms with van der Waals surface area (Å²) in [5.74, 6) is 0. The van der Waals surface area contributed by atoms with E-state index in [4.69, 9.17) is 0 Å². The molecule has 82 valence electrons. The Morgan fingerprint density at radius 3 is 2.69 bits per heavy atom. The molecular weight excluding hydrogens is 198 g/mol. The first-order chi connectivity index (χ1) is 7.83. The topological polar surface area (TPSA) is 21.1 Å². The Kier molecular flexibility index (Phi) is 3.05. The molecule has 0 aromatic carbocycles. The zero-order valence-corrected chi connectivity index (χ0v) is 9.54. The summed E-state index contributed by atoms with van der Waals surface area (Å²) in [4.78, 5) is 4.02. The molecule has 2 aromatic rings. The quantitative estimate of drug-likeness (QED) is 0.781. The monoisotopic (exact) mass is 213 g/mol. The van der Waals surface area contributed by atoms with Crippen molar-refractivity contribution in [3.8, 4) is 0 Å². The van der Waals surface area contributed by atoms with E-state index < -0.39 is 0 Å². The lowest BCUT2D eigenvalue weighted by molar-refractivity contribution is 0.772. The summed E-state index contributed by atoms with van der Waals surface area (Å²) in [6, 6.07) is 8.09. The van der Waals surface area contributed by atoms with Gasteiger partial charge in [0.25, 0.3) is 0 Å². The number of anilines is 1. The van der Waals surface area contributed by atoms with E-state index in [1.54, 1.807) is 12.4 Å². The predicted octanol–water partition coefficient (Wildman–Crippen LogP) is 2.82. The molecular formula is C13H15N3. The van der Waals surface area contributed by atoms with Gasteiger partial charge in [0.1, 0.15) is 0 Å². The molecule has 3 heteroatoms. The van der Waals surface area contributed by atoms with E-state index in [0.29, 0.717) is 0 Å². The van der Waals surface area contributed by atoms with Gasteiger partial charge in [-0.1, -0.05) is 6.08 Å². The lowest BCUT2D eigenvalue weighted by atomic mass is 10.4.